The van der Waals surface area contributed by atoms with Crippen molar-refractivity contribution in [2.24, 2.45) is 0 Å². The molecule has 0 heterocycles. The molecule has 0 aliphatic carbocycles. The Hall–Kier alpha value is -0.200. The van der Waals surface area contributed by atoms with Crippen LogP contribution in [-0.2, 0) is 0 Å². The molecule has 0 saturated heterocycles. The van der Waals surface area contributed by atoms with Crippen LogP contribution in [0, 0.1) is 11.3 Å². The van der Waals surface area contributed by atoms with Crippen molar-refractivity contribution >= 4 is 11.8 Å². The molecule has 0 aromatic carbocycles. The molecular weight excluding hydrogens is 180 g/mol. The number of hydrogen-bond acceptors (Lipinski definition) is 3. The van der Waals surface area contributed by atoms with Crippen molar-refractivity contribution in [1.29, 1.82) is 5.26 Å². The van der Waals surface area contributed by atoms with Crippen LogP contribution in [-0.4, -0.2) is 23.1 Å². The molecule has 0 aromatic rings. The zero-order chi connectivity index (χ0) is 10.5. The Kier molecular flexibility index (Phi) is 5.43. The summed E-state index contributed by atoms with van der Waals surface area (Å²) in [6.45, 7) is 8.50. The van der Waals surface area contributed by atoms with Crippen LogP contribution in [0.25, 0.3) is 0 Å². The van der Waals surface area contributed by atoms with Crippen molar-refractivity contribution in [3.63, 3.8) is 0 Å². The Morgan fingerprint density at radius 3 is 2.31 bits per heavy atom. The standard InChI is InChI=1S/C10H20N2S/c1-8(2)13-9(3)6-10(4,7-11)12-5/h8-9,12H,6H2,1-5H3. The van der Waals surface area contributed by atoms with E-state index in [1.54, 1.807) is 0 Å². The molecule has 76 valence electrons. The van der Waals surface area contributed by atoms with Gasteiger partial charge < -0.3 is 5.32 Å². The molecule has 0 rings (SSSR count). The van der Waals surface area contributed by atoms with Gasteiger partial charge in [-0.25, -0.2) is 0 Å². The summed E-state index contributed by atoms with van der Waals surface area (Å²) >= 11 is 1.92. The molecule has 0 spiro atoms. The second kappa shape index (κ2) is 5.51. The predicted molar refractivity (Wildman–Crippen MR) is 59.9 cm³/mol. The largest absolute Gasteiger partial charge is 0.303 e. The smallest absolute Gasteiger partial charge is 0.104 e. The van der Waals surface area contributed by atoms with E-state index in [1.807, 2.05) is 25.7 Å². The minimum Gasteiger partial charge on any atom is -0.303 e. The average Bonchev–Trinajstić information content (AvgIpc) is 2.02. The Morgan fingerprint density at radius 1 is 1.46 bits per heavy atom. The molecular formula is C10H20N2S. The second-order valence-corrected chi connectivity index (χ2v) is 5.91. The highest BCUT2D eigenvalue weighted by molar-refractivity contribution is 8.00. The van der Waals surface area contributed by atoms with Crippen molar-refractivity contribution < 1.29 is 0 Å². The summed E-state index contributed by atoms with van der Waals surface area (Å²) in [6.07, 6.45) is 0.892. The van der Waals surface area contributed by atoms with Crippen LogP contribution in [0.2, 0.25) is 0 Å². The van der Waals surface area contributed by atoms with Gasteiger partial charge in [0.1, 0.15) is 5.54 Å². The molecule has 0 radical (unpaired) electrons. The van der Waals surface area contributed by atoms with Crippen LogP contribution in [0.3, 0.4) is 0 Å². The van der Waals surface area contributed by atoms with Gasteiger partial charge in [-0.2, -0.15) is 17.0 Å². The summed E-state index contributed by atoms with van der Waals surface area (Å²) in [6, 6.07) is 2.31. The van der Waals surface area contributed by atoms with E-state index in [9.17, 15) is 0 Å². The van der Waals surface area contributed by atoms with E-state index >= 15 is 0 Å². The van der Waals surface area contributed by atoms with Crippen LogP contribution in [0.1, 0.15) is 34.1 Å². The second-order valence-electron chi connectivity index (χ2n) is 3.89. The topological polar surface area (TPSA) is 35.8 Å². The molecule has 3 heteroatoms. The van der Waals surface area contributed by atoms with Crippen LogP contribution >= 0.6 is 11.8 Å². The predicted octanol–water partition coefficient (Wildman–Crippen LogP) is 2.41. The van der Waals surface area contributed by atoms with Gasteiger partial charge in [-0.1, -0.05) is 20.8 Å². The van der Waals surface area contributed by atoms with Crippen LogP contribution < -0.4 is 5.32 Å². The summed E-state index contributed by atoms with van der Waals surface area (Å²) in [5.41, 5.74) is -0.374. The van der Waals surface area contributed by atoms with Gasteiger partial charge in [-0.05, 0) is 25.6 Å². The Bertz CT molecular complexity index is 186. The third-order valence-corrected chi connectivity index (χ3v) is 3.17. The molecule has 2 atom stereocenters. The SMILES string of the molecule is CNC(C)(C#N)CC(C)SC(C)C. The molecule has 0 aliphatic rings. The summed E-state index contributed by atoms with van der Waals surface area (Å²) in [4.78, 5) is 0. The molecule has 0 aromatic heterocycles. The van der Waals surface area contributed by atoms with Gasteiger partial charge in [0.05, 0.1) is 6.07 Å². The summed E-state index contributed by atoms with van der Waals surface area (Å²) < 4.78 is 0. The van der Waals surface area contributed by atoms with E-state index < -0.39 is 0 Å². The fourth-order valence-electron chi connectivity index (χ4n) is 1.29. The van der Waals surface area contributed by atoms with E-state index in [2.05, 4.69) is 32.2 Å². The van der Waals surface area contributed by atoms with Crippen molar-refractivity contribution in [2.75, 3.05) is 7.05 Å². The molecule has 0 amide bonds. The molecule has 13 heavy (non-hydrogen) atoms. The van der Waals surface area contributed by atoms with Gasteiger partial charge in [-0.3, -0.25) is 0 Å². The summed E-state index contributed by atoms with van der Waals surface area (Å²) in [5, 5.41) is 13.2. The van der Waals surface area contributed by atoms with Gasteiger partial charge >= 0.3 is 0 Å². The maximum Gasteiger partial charge on any atom is 0.104 e. The zero-order valence-electron chi connectivity index (χ0n) is 9.22. The van der Waals surface area contributed by atoms with Gasteiger partial charge in [0.15, 0.2) is 0 Å². The fraction of sp³-hybridized carbons (Fsp3) is 0.900. The number of nitriles is 1. The number of nitrogens with zero attached hydrogens (tertiary/aromatic N) is 1. The lowest BCUT2D eigenvalue weighted by Crippen LogP contribution is -2.40. The van der Waals surface area contributed by atoms with E-state index in [4.69, 9.17) is 5.26 Å². The first-order chi connectivity index (χ1) is 5.93. The first-order valence-electron chi connectivity index (χ1n) is 4.69. The molecule has 0 aliphatic heterocycles. The maximum absolute atomic E-state index is 8.95. The van der Waals surface area contributed by atoms with Gasteiger partial charge in [0.2, 0.25) is 0 Å². The van der Waals surface area contributed by atoms with E-state index in [-0.39, 0.29) is 5.54 Å². The van der Waals surface area contributed by atoms with Crippen molar-refractivity contribution in [3.8, 4) is 6.07 Å². The summed E-state index contributed by atoms with van der Waals surface area (Å²) in [7, 11) is 1.84. The number of nitrogens with one attached hydrogen (secondary N) is 1. The molecule has 1 N–H and O–H groups in total. The van der Waals surface area contributed by atoms with Crippen molar-refractivity contribution in [2.45, 2.75) is 50.2 Å². The molecule has 0 fully saturated rings. The lowest BCUT2D eigenvalue weighted by atomic mass is 9.98. The molecule has 0 bridgehead atoms. The van der Waals surface area contributed by atoms with Crippen LogP contribution in [0.15, 0.2) is 0 Å². The zero-order valence-corrected chi connectivity index (χ0v) is 10.0. The first-order valence-corrected chi connectivity index (χ1v) is 5.63. The average molecular weight is 200 g/mol. The highest BCUT2D eigenvalue weighted by Crippen LogP contribution is 2.24. The number of hydrogen-bond donors (Lipinski definition) is 1. The van der Waals surface area contributed by atoms with Crippen LogP contribution in [0.4, 0.5) is 0 Å². The Labute approximate surface area is 86.1 Å². The van der Waals surface area contributed by atoms with E-state index in [1.165, 1.54) is 0 Å². The maximum atomic E-state index is 8.95. The van der Waals surface area contributed by atoms with E-state index in [0.717, 1.165) is 6.42 Å². The lowest BCUT2D eigenvalue weighted by Gasteiger charge is -2.25. The van der Waals surface area contributed by atoms with Gasteiger partial charge in [0.25, 0.3) is 0 Å². The number of rotatable bonds is 5. The Morgan fingerprint density at radius 2 is 2.00 bits per heavy atom. The quantitative estimate of drug-likeness (QED) is 0.740. The van der Waals surface area contributed by atoms with Gasteiger partial charge in [0, 0.05) is 5.25 Å². The first kappa shape index (κ1) is 12.8. The molecule has 2 unspecified atom stereocenters. The minimum atomic E-state index is -0.374. The monoisotopic (exact) mass is 200 g/mol. The normalized spacial score (nSPS) is 17.9. The Balaban J connectivity index is 4.03. The molecule has 0 saturated carbocycles. The third kappa shape index (κ3) is 5.17. The third-order valence-electron chi connectivity index (χ3n) is 2.00. The van der Waals surface area contributed by atoms with Crippen molar-refractivity contribution in [1.82, 2.24) is 5.32 Å². The summed E-state index contributed by atoms with van der Waals surface area (Å²) in [5.74, 6) is 0. The number of thioether (sulfide) groups is 1. The lowest BCUT2D eigenvalue weighted by molar-refractivity contribution is 0.455. The van der Waals surface area contributed by atoms with Crippen molar-refractivity contribution in [3.05, 3.63) is 0 Å². The minimum absolute atomic E-state index is 0.374. The highest BCUT2D eigenvalue weighted by Gasteiger charge is 2.24. The van der Waals surface area contributed by atoms with Gasteiger partial charge in [-0.15, -0.1) is 0 Å². The van der Waals surface area contributed by atoms with E-state index in [0.29, 0.717) is 10.5 Å². The fourth-order valence-corrected chi connectivity index (χ4v) is 2.65. The van der Waals surface area contributed by atoms with Crippen LogP contribution in [0.5, 0.6) is 0 Å². The highest BCUT2D eigenvalue weighted by atomic mass is 32.2. The molecule has 2 nitrogen and oxygen atoms in total.